The van der Waals surface area contributed by atoms with E-state index in [0.29, 0.717) is 40.8 Å². The predicted molar refractivity (Wildman–Crippen MR) is 117 cm³/mol. The number of ether oxygens (including phenoxy) is 1. The molecule has 0 unspecified atom stereocenters. The van der Waals surface area contributed by atoms with Gasteiger partial charge < -0.3 is 14.6 Å². The normalized spacial score (nSPS) is 12.0. The molecule has 4 rings (SSSR count). The van der Waals surface area contributed by atoms with Gasteiger partial charge in [-0.15, -0.1) is 10.2 Å². The number of nitrogens with one attached hydrogen (secondary N) is 1. The molecule has 0 saturated heterocycles. The van der Waals surface area contributed by atoms with E-state index >= 15 is 0 Å². The molecule has 1 N–H and O–H groups in total. The van der Waals surface area contributed by atoms with Crippen molar-refractivity contribution in [1.82, 2.24) is 24.7 Å². The minimum atomic E-state index is -0.974. The van der Waals surface area contributed by atoms with Crippen molar-refractivity contribution in [2.75, 3.05) is 12.4 Å². The maximum absolute atomic E-state index is 14.1. The van der Waals surface area contributed by atoms with Crippen LogP contribution in [0.25, 0.3) is 17.1 Å². The maximum Gasteiger partial charge on any atom is 0.238 e. The predicted octanol–water partition coefficient (Wildman–Crippen LogP) is 4.94. The smallest absolute Gasteiger partial charge is 0.238 e. The van der Waals surface area contributed by atoms with E-state index in [0.717, 1.165) is 11.4 Å². The highest BCUT2D eigenvalue weighted by Gasteiger charge is 2.20. The average Bonchev–Trinajstić information content (AvgIpc) is 3.20. The highest BCUT2D eigenvalue weighted by atomic mass is 19.1. The summed E-state index contributed by atoms with van der Waals surface area (Å²) >= 11 is 0. The molecule has 170 valence electrons. The monoisotopic (exact) mass is 454 g/mol. The highest BCUT2D eigenvalue weighted by Crippen LogP contribution is 2.28. The molecule has 0 bridgehead atoms. The number of hydrogen-bond acceptors (Lipinski definition) is 6. The Bertz CT molecular complexity index is 1300. The first kappa shape index (κ1) is 22.3. The summed E-state index contributed by atoms with van der Waals surface area (Å²) in [6.45, 7) is 5.22. The van der Waals surface area contributed by atoms with E-state index in [1.807, 2.05) is 23.8 Å². The number of anilines is 1. The summed E-state index contributed by atoms with van der Waals surface area (Å²) in [5, 5.41) is 11.3. The second kappa shape index (κ2) is 8.89. The number of nitrogens with zero attached hydrogens (tertiary/aromatic N) is 5. The van der Waals surface area contributed by atoms with Gasteiger partial charge in [-0.05, 0) is 44.5 Å². The van der Waals surface area contributed by atoms with Crippen LogP contribution in [0.4, 0.5) is 19.0 Å². The third kappa shape index (κ3) is 4.50. The average molecular weight is 454 g/mol. The molecule has 0 aliphatic carbocycles. The van der Waals surface area contributed by atoms with E-state index in [9.17, 15) is 13.2 Å². The van der Waals surface area contributed by atoms with Crippen LogP contribution >= 0.6 is 0 Å². The third-order valence-electron chi connectivity index (χ3n) is 5.10. The lowest BCUT2D eigenvalue weighted by Crippen LogP contribution is -2.14. The number of methoxy groups -OCH3 is 1. The van der Waals surface area contributed by atoms with Gasteiger partial charge in [0, 0.05) is 23.9 Å². The topological polar surface area (TPSA) is 77.8 Å². The van der Waals surface area contributed by atoms with Crippen LogP contribution in [0, 0.1) is 31.3 Å². The Morgan fingerprint density at radius 2 is 1.73 bits per heavy atom. The Kier molecular flexibility index (Phi) is 5.99. The molecule has 3 heterocycles. The maximum atomic E-state index is 14.1. The van der Waals surface area contributed by atoms with Crippen LogP contribution in [0.2, 0.25) is 0 Å². The van der Waals surface area contributed by atoms with Gasteiger partial charge >= 0.3 is 0 Å². The van der Waals surface area contributed by atoms with E-state index < -0.39 is 23.5 Å². The van der Waals surface area contributed by atoms with Crippen LogP contribution in [0.15, 0.2) is 42.9 Å². The molecule has 0 saturated carbocycles. The zero-order chi connectivity index (χ0) is 23.7. The van der Waals surface area contributed by atoms with Crippen molar-refractivity contribution in [1.29, 1.82) is 0 Å². The number of aryl methyl sites for hydroxylation is 2. The molecule has 10 heteroatoms. The van der Waals surface area contributed by atoms with Gasteiger partial charge in [-0.3, -0.25) is 0 Å². The zero-order valence-corrected chi connectivity index (χ0v) is 18.4. The van der Waals surface area contributed by atoms with Gasteiger partial charge in [-0.2, -0.15) is 0 Å². The molecule has 0 fully saturated rings. The van der Waals surface area contributed by atoms with Crippen LogP contribution in [0.1, 0.15) is 29.8 Å². The minimum Gasteiger partial charge on any atom is -0.479 e. The first-order valence-corrected chi connectivity index (χ1v) is 10.1. The second-order valence-corrected chi connectivity index (χ2v) is 7.56. The summed E-state index contributed by atoms with van der Waals surface area (Å²) < 4.78 is 48.6. The van der Waals surface area contributed by atoms with E-state index in [2.05, 4.69) is 25.5 Å². The molecule has 0 aliphatic heterocycles. The minimum absolute atomic E-state index is 0.279. The van der Waals surface area contributed by atoms with E-state index in [1.54, 1.807) is 32.3 Å². The van der Waals surface area contributed by atoms with Crippen molar-refractivity contribution in [2.24, 2.45) is 0 Å². The Hall–Kier alpha value is -3.95. The quantitative estimate of drug-likeness (QED) is 0.445. The number of hydrogen-bond donors (Lipinski definition) is 1. The molecule has 0 spiro atoms. The van der Waals surface area contributed by atoms with Crippen molar-refractivity contribution >= 4 is 5.82 Å². The lowest BCUT2D eigenvalue weighted by Gasteiger charge is -2.18. The van der Waals surface area contributed by atoms with Crippen LogP contribution in [0.3, 0.4) is 0 Å². The fourth-order valence-corrected chi connectivity index (χ4v) is 3.47. The standard InChI is InChI=1S/C23H21F3N6O/c1-12-7-19(18-5-6-20(23(29-18)33-4)32-10-13(2)27-11-32)30-31-22(12)28-14(3)21-16(25)8-15(24)9-17(21)26/h5-11,14H,1-4H3,(H,28,31)/t14-/m0/s1. The van der Waals surface area contributed by atoms with Crippen LogP contribution < -0.4 is 10.1 Å². The van der Waals surface area contributed by atoms with Gasteiger partial charge in [0.25, 0.3) is 0 Å². The van der Waals surface area contributed by atoms with Gasteiger partial charge in [0.15, 0.2) is 5.82 Å². The number of imidazole rings is 1. The van der Waals surface area contributed by atoms with Crippen molar-refractivity contribution in [3.05, 3.63) is 77.1 Å². The third-order valence-corrected chi connectivity index (χ3v) is 5.10. The van der Waals surface area contributed by atoms with E-state index in [-0.39, 0.29) is 5.56 Å². The summed E-state index contributed by atoms with van der Waals surface area (Å²) in [6, 6.07) is 5.87. The van der Waals surface area contributed by atoms with Crippen molar-refractivity contribution < 1.29 is 17.9 Å². The SMILES string of the molecule is COc1nc(-c2cc(C)c(N[C@@H](C)c3c(F)cc(F)cc3F)nn2)ccc1-n1cnc(C)c1. The number of rotatable bonds is 6. The summed E-state index contributed by atoms with van der Waals surface area (Å²) in [5.74, 6) is -2.19. The summed E-state index contributed by atoms with van der Waals surface area (Å²) in [7, 11) is 1.53. The van der Waals surface area contributed by atoms with Gasteiger partial charge in [0.2, 0.25) is 5.88 Å². The number of benzene rings is 1. The molecule has 4 aromatic rings. The summed E-state index contributed by atoms with van der Waals surface area (Å²) in [4.78, 5) is 8.75. The molecule has 33 heavy (non-hydrogen) atoms. The fraction of sp³-hybridized carbons (Fsp3) is 0.217. The molecular weight excluding hydrogens is 433 g/mol. The Balaban J connectivity index is 1.60. The van der Waals surface area contributed by atoms with Gasteiger partial charge in [0.1, 0.15) is 28.8 Å². The Morgan fingerprint density at radius 3 is 2.33 bits per heavy atom. The zero-order valence-electron chi connectivity index (χ0n) is 18.4. The van der Waals surface area contributed by atoms with E-state index in [4.69, 9.17) is 4.74 Å². The summed E-state index contributed by atoms with van der Waals surface area (Å²) in [5.41, 5.74) is 3.03. The fourth-order valence-electron chi connectivity index (χ4n) is 3.47. The van der Waals surface area contributed by atoms with Crippen molar-refractivity contribution in [3.63, 3.8) is 0 Å². The van der Waals surface area contributed by atoms with Crippen molar-refractivity contribution in [3.8, 4) is 23.0 Å². The lowest BCUT2D eigenvalue weighted by atomic mass is 10.1. The van der Waals surface area contributed by atoms with Gasteiger partial charge in [-0.25, -0.2) is 23.1 Å². The van der Waals surface area contributed by atoms with Gasteiger partial charge in [0.05, 0.1) is 30.9 Å². The van der Waals surface area contributed by atoms with Crippen molar-refractivity contribution in [2.45, 2.75) is 26.8 Å². The molecule has 0 aliphatic rings. The first-order valence-electron chi connectivity index (χ1n) is 10.1. The Labute approximate surface area is 188 Å². The number of aromatic nitrogens is 5. The highest BCUT2D eigenvalue weighted by molar-refractivity contribution is 5.61. The number of pyridine rings is 1. The number of halogens is 3. The molecule has 1 aromatic carbocycles. The van der Waals surface area contributed by atoms with Crippen LogP contribution in [-0.4, -0.2) is 31.8 Å². The second-order valence-electron chi connectivity index (χ2n) is 7.56. The molecule has 0 radical (unpaired) electrons. The first-order chi connectivity index (χ1) is 15.8. The molecule has 3 aromatic heterocycles. The van der Waals surface area contributed by atoms with E-state index in [1.165, 1.54) is 7.11 Å². The Morgan fingerprint density at radius 1 is 1.00 bits per heavy atom. The molecular formula is C23H21F3N6O. The molecule has 0 amide bonds. The summed E-state index contributed by atoms with van der Waals surface area (Å²) in [6.07, 6.45) is 3.53. The molecule has 7 nitrogen and oxygen atoms in total. The van der Waals surface area contributed by atoms with Crippen LogP contribution in [-0.2, 0) is 0 Å². The van der Waals surface area contributed by atoms with Gasteiger partial charge in [-0.1, -0.05) is 0 Å². The molecule has 1 atom stereocenters. The lowest BCUT2D eigenvalue weighted by molar-refractivity contribution is 0.396. The largest absolute Gasteiger partial charge is 0.479 e. The van der Waals surface area contributed by atoms with Crippen LogP contribution in [0.5, 0.6) is 5.88 Å².